The fourth-order valence-electron chi connectivity index (χ4n) is 3.43. The zero-order valence-electron chi connectivity index (χ0n) is 16.4. The Bertz CT molecular complexity index is 711. The van der Waals surface area contributed by atoms with Crippen LogP contribution >= 0.6 is 0 Å². The summed E-state index contributed by atoms with van der Waals surface area (Å²) in [6.07, 6.45) is 4.37. The fourth-order valence-corrected chi connectivity index (χ4v) is 3.43. The summed E-state index contributed by atoms with van der Waals surface area (Å²) in [5, 5.41) is 12.4. The van der Waals surface area contributed by atoms with Gasteiger partial charge in [0.25, 0.3) is 0 Å². The average Bonchev–Trinajstić information content (AvgIpc) is 3.20. The van der Waals surface area contributed by atoms with Gasteiger partial charge in [-0.15, -0.1) is 0 Å². The van der Waals surface area contributed by atoms with E-state index in [0.29, 0.717) is 45.2 Å². The first kappa shape index (κ1) is 22.4. The summed E-state index contributed by atoms with van der Waals surface area (Å²) in [6, 6.07) is 7.37. The number of amides is 2. The summed E-state index contributed by atoms with van der Waals surface area (Å²) < 4.78 is 0. The molecule has 0 unspecified atom stereocenters. The molecule has 157 valence electrons. The molecule has 0 aliphatic carbocycles. The lowest BCUT2D eigenvalue weighted by atomic mass is 10.0. The molecular formula is C20H29N6O3. The van der Waals surface area contributed by atoms with Crippen LogP contribution < -0.4 is 22.1 Å². The van der Waals surface area contributed by atoms with E-state index in [4.69, 9.17) is 16.9 Å². The third-order valence-electron chi connectivity index (χ3n) is 4.90. The first-order valence-electron chi connectivity index (χ1n) is 9.78. The lowest BCUT2D eigenvalue weighted by Crippen LogP contribution is -2.53. The summed E-state index contributed by atoms with van der Waals surface area (Å²) in [5.41, 5.74) is 12.3. The van der Waals surface area contributed by atoms with Gasteiger partial charge in [-0.3, -0.25) is 19.8 Å². The molecule has 1 aliphatic rings. The molecule has 0 saturated carbocycles. The number of likely N-dealkylation sites (tertiary alicyclic amines) is 1. The normalized spacial score (nSPS) is 18.0. The van der Waals surface area contributed by atoms with Gasteiger partial charge in [-0.1, -0.05) is 30.3 Å². The van der Waals surface area contributed by atoms with Crippen molar-refractivity contribution in [3.05, 3.63) is 35.9 Å². The van der Waals surface area contributed by atoms with Crippen LogP contribution in [0.4, 0.5) is 0 Å². The van der Waals surface area contributed by atoms with Crippen LogP contribution in [0.2, 0.25) is 0 Å². The van der Waals surface area contributed by atoms with Gasteiger partial charge in [0.2, 0.25) is 18.1 Å². The van der Waals surface area contributed by atoms with Crippen LogP contribution in [0.25, 0.3) is 0 Å². The predicted molar refractivity (Wildman–Crippen MR) is 110 cm³/mol. The van der Waals surface area contributed by atoms with Gasteiger partial charge in [-0.25, -0.2) is 0 Å². The largest absolute Gasteiger partial charge is 0.370 e. The Balaban J connectivity index is 1.89. The number of carbonyl (C=O) groups excluding carboxylic acids is 3. The quantitative estimate of drug-likeness (QED) is 0.200. The summed E-state index contributed by atoms with van der Waals surface area (Å²) in [5.74, 6) is -0.771. The number of hydrogen-bond acceptors (Lipinski definition) is 5. The maximum atomic E-state index is 12.8. The lowest BCUT2D eigenvalue weighted by molar-refractivity contribution is -0.139. The number of nitrogens with one attached hydrogen (secondary N) is 3. The Morgan fingerprint density at radius 1 is 1.31 bits per heavy atom. The molecule has 1 heterocycles. The lowest BCUT2D eigenvalue weighted by Gasteiger charge is -2.27. The molecule has 1 aromatic carbocycles. The minimum atomic E-state index is -0.771. The smallest absolute Gasteiger partial charge is 0.243 e. The number of nitrogens with zero attached hydrogens (tertiary/aromatic N) is 1. The molecule has 0 aromatic heterocycles. The van der Waals surface area contributed by atoms with Crippen molar-refractivity contribution in [1.29, 1.82) is 5.41 Å². The maximum Gasteiger partial charge on any atom is 0.243 e. The summed E-state index contributed by atoms with van der Waals surface area (Å²) in [6.45, 7) is 0.892. The SMILES string of the molecule is N=C(N)NCCC[C@@H]([C]=O)NC(=O)[C@@H]1CCCN1C(=O)[C@@H](N)Cc1ccccc1. The Kier molecular flexibility index (Phi) is 8.60. The van der Waals surface area contributed by atoms with Crippen molar-refractivity contribution in [2.45, 2.75) is 50.2 Å². The van der Waals surface area contributed by atoms with Crippen molar-refractivity contribution in [2.24, 2.45) is 11.5 Å². The van der Waals surface area contributed by atoms with E-state index in [2.05, 4.69) is 10.6 Å². The Morgan fingerprint density at radius 2 is 2.03 bits per heavy atom. The molecule has 1 radical (unpaired) electrons. The molecule has 1 saturated heterocycles. The van der Waals surface area contributed by atoms with E-state index < -0.39 is 18.1 Å². The highest BCUT2D eigenvalue weighted by Crippen LogP contribution is 2.19. The van der Waals surface area contributed by atoms with E-state index in [9.17, 15) is 14.4 Å². The summed E-state index contributed by atoms with van der Waals surface area (Å²) in [7, 11) is 0. The van der Waals surface area contributed by atoms with Gasteiger partial charge >= 0.3 is 0 Å². The van der Waals surface area contributed by atoms with Crippen LogP contribution in [0.1, 0.15) is 31.2 Å². The van der Waals surface area contributed by atoms with Crippen LogP contribution in [0.5, 0.6) is 0 Å². The molecule has 1 aliphatic heterocycles. The molecule has 9 nitrogen and oxygen atoms in total. The van der Waals surface area contributed by atoms with E-state index in [1.807, 2.05) is 36.6 Å². The molecule has 29 heavy (non-hydrogen) atoms. The molecule has 3 atom stereocenters. The van der Waals surface area contributed by atoms with Crippen molar-refractivity contribution in [3.8, 4) is 0 Å². The van der Waals surface area contributed by atoms with Gasteiger partial charge in [-0.05, 0) is 37.7 Å². The average molecular weight is 401 g/mol. The highest BCUT2D eigenvalue weighted by molar-refractivity contribution is 5.91. The minimum absolute atomic E-state index is 0.146. The molecule has 0 spiro atoms. The van der Waals surface area contributed by atoms with Gasteiger partial charge in [-0.2, -0.15) is 0 Å². The highest BCUT2D eigenvalue weighted by atomic mass is 16.2. The first-order chi connectivity index (χ1) is 13.9. The molecule has 0 bridgehead atoms. The van der Waals surface area contributed by atoms with Crippen LogP contribution in [0.3, 0.4) is 0 Å². The van der Waals surface area contributed by atoms with Gasteiger partial charge in [0.15, 0.2) is 5.96 Å². The van der Waals surface area contributed by atoms with E-state index in [0.717, 1.165) is 5.56 Å². The van der Waals surface area contributed by atoms with Crippen LogP contribution in [0, 0.1) is 5.41 Å². The van der Waals surface area contributed by atoms with Crippen LogP contribution in [-0.2, 0) is 20.8 Å². The molecule has 1 fully saturated rings. The van der Waals surface area contributed by atoms with Gasteiger partial charge in [0.05, 0.1) is 12.1 Å². The van der Waals surface area contributed by atoms with Crippen molar-refractivity contribution in [2.75, 3.05) is 13.1 Å². The number of rotatable bonds is 10. The zero-order chi connectivity index (χ0) is 21.2. The summed E-state index contributed by atoms with van der Waals surface area (Å²) in [4.78, 5) is 38.2. The first-order valence-corrected chi connectivity index (χ1v) is 9.78. The topological polar surface area (TPSA) is 154 Å². The summed E-state index contributed by atoms with van der Waals surface area (Å²) >= 11 is 0. The van der Waals surface area contributed by atoms with E-state index in [1.54, 1.807) is 0 Å². The molecule has 2 rings (SSSR count). The molecule has 9 heteroatoms. The fraction of sp³-hybridized carbons (Fsp3) is 0.500. The second-order valence-electron chi connectivity index (χ2n) is 7.15. The number of guanidine groups is 1. The monoisotopic (exact) mass is 401 g/mol. The Morgan fingerprint density at radius 3 is 2.69 bits per heavy atom. The van der Waals surface area contributed by atoms with E-state index in [-0.39, 0.29) is 17.8 Å². The molecular weight excluding hydrogens is 372 g/mol. The third kappa shape index (κ3) is 6.86. The predicted octanol–water partition coefficient (Wildman–Crippen LogP) is -0.595. The number of hydrogen-bond donors (Lipinski definition) is 5. The Labute approximate surface area is 170 Å². The van der Waals surface area contributed by atoms with Crippen LogP contribution in [-0.4, -0.2) is 60.2 Å². The van der Waals surface area contributed by atoms with Crippen molar-refractivity contribution in [1.82, 2.24) is 15.5 Å². The Hall–Kier alpha value is -2.94. The second-order valence-corrected chi connectivity index (χ2v) is 7.15. The number of benzene rings is 1. The maximum absolute atomic E-state index is 12.8. The van der Waals surface area contributed by atoms with Crippen LogP contribution in [0.15, 0.2) is 30.3 Å². The van der Waals surface area contributed by atoms with Crippen molar-refractivity contribution in [3.63, 3.8) is 0 Å². The standard InChI is InChI=1S/C20H29N6O3/c21-16(12-14-6-2-1-3-7-14)19(29)26-11-5-9-17(26)18(28)25-15(13-27)8-4-10-24-20(22)23/h1-3,6-7,15-17H,4-5,8-12,21H2,(H,25,28)(H4,22,23,24)/t15-,16-,17-/m0/s1. The number of nitrogens with two attached hydrogens (primary N) is 2. The van der Waals surface area contributed by atoms with Gasteiger partial charge < -0.3 is 27.0 Å². The van der Waals surface area contributed by atoms with Crippen molar-refractivity contribution >= 4 is 24.1 Å². The minimum Gasteiger partial charge on any atom is -0.370 e. The van der Waals surface area contributed by atoms with E-state index in [1.165, 1.54) is 4.90 Å². The second kappa shape index (κ2) is 11.2. The zero-order valence-corrected chi connectivity index (χ0v) is 16.4. The van der Waals surface area contributed by atoms with Gasteiger partial charge in [0, 0.05) is 13.1 Å². The molecule has 1 aromatic rings. The molecule has 2 amide bonds. The van der Waals surface area contributed by atoms with Gasteiger partial charge in [0.1, 0.15) is 6.04 Å². The molecule has 7 N–H and O–H groups in total. The number of carbonyl (C=O) groups is 2. The highest BCUT2D eigenvalue weighted by Gasteiger charge is 2.36. The van der Waals surface area contributed by atoms with E-state index >= 15 is 0 Å². The third-order valence-corrected chi connectivity index (χ3v) is 4.90. The van der Waals surface area contributed by atoms with Crippen molar-refractivity contribution < 1.29 is 14.4 Å².